The molecule has 1 heteroatoms. The third-order valence-corrected chi connectivity index (χ3v) is 3.28. The van der Waals surface area contributed by atoms with Gasteiger partial charge in [0.05, 0.1) is 26.2 Å². The zero-order valence-electron chi connectivity index (χ0n) is 7.56. The van der Waals surface area contributed by atoms with Gasteiger partial charge in [-0.2, -0.15) is 0 Å². The molecule has 1 rings (SSSR count). The quantitative estimate of drug-likeness (QED) is 0.517. The topological polar surface area (TPSA) is 0 Å². The number of quaternary nitrogens is 1. The molecule has 2 atom stereocenters. The van der Waals surface area contributed by atoms with E-state index in [1.165, 1.54) is 36.8 Å². The van der Waals surface area contributed by atoms with E-state index in [1.807, 2.05) is 0 Å². The Kier molecular flexibility index (Phi) is 2.35. The van der Waals surface area contributed by atoms with Crippen molar-refractivity contribution in [3.8, 4) is 0 Å². The van der Waals surface area contributed by atoms with E-state index in [0.717, 1.165) is 6.04 Å². The Morgan fingerprint density at radius 2 is 2.10 bits per heavy atom. The molecular weight excluding hydrogens is 122 g/mol. The minimum Gasteiger partial charge on any atom is -0.324 e. The van der Waals surface area contributed by atoms with E-state index >= 15 is 0 Å². The normalized spacial score (nSPS) is 40.5. The first kappa shape index (κ1) is 8.06. The molecule has 1 aliphatic heterocycles. The Morgan fingerprint density at radius 1 is 1.40 bits per heavy atom. The van der Waals surface area contributed by atoms with Crippen LogP contribution in [0.15, 0.2) is 0 Å². The first-order valence-corrected chi connectivity index (χ1v) is 4.57. The van der Waals surface area contributed by atoms with Crippen molar-refractivity contribution >= 4 is 0 Å². The first-order chi connectivity index (χ1) is 4.73. The number of hydrogen-bond donors (Lipinski definition) is 0. The largest absolute Gasteiger partial charge is 0.324 e. The van der Waals surface area contributed by atoms with Crippen LogP contribution < -0.4 is 0 Å². The lowest BCUT2D eigenvalue weighted by Gasteiger charge is -2.34. The van der Waals surface area contributed by atoms with Crippen LogP contribution >= 0.6 is 0 Å². The van der Waals surface area contributed by atoms with E-state index < -0.39 is 0 Å². The van der Waals surface area contributed by atoms with Crippen molar-refractivity contribution in [3.05, 3.63) is 0 Å². The summed E-state index contributed by atoms with van der Waals surface area (Å²) in [5.41, 5.74) is 0. The smallest absolute Gasteiger partial charge is 0.0887 e. The van der Waals surface area contributed by atoms with Crippen LogP contribution in [0.3, 0.4) is 0 Å². The van der Waals surface area contributed by atoms with Crippen molar-refractivity contribution < 1.29 is 4.48 Å². The van der Waals surface area contributed by atoms with E-state index in [1.54, 1.807) is 0 Å². The zero-order chi connectivity index (χ0) is 7.61. The molecule has 0 spiro atoms. The Balaban J connectivity index is 2.56. The van der Waals surface area contributed by atoms with E-state index in [4.69, 9.17) is 0 Å². The SMILES string of the molecule is CCC1CCC[N+]1(C)CC. The highest BCUT2D eigenvalue weighted by Crippen LogP contribution is 2.26. The summed E-state index contributed by atoms with van der Waals surface area (Å²) in [4.78, 5) is 0. The van der Waals surface area contributed by atoms with Crippen LogP contribution in [0.4, 0.5) is 0 Å². The molecule has 0 saturated carbocycles. The van der Waals surface area contributed by atoms with Crippen LogP contribution in [0.5, 0.6) is 0 Å². The molecule has 0 bridgehead atoms. The van der Waals surface area contributed by atoms with Crippen LogP contribution in [-0.4, -0.2) is 30.7 Å². The fourth-order valence-corrected chi connectivity index (χ4v) is 2.24. The molecule has 1 nitrogen and oxygen atoms in total. The molecule has 0 aromatic carbocycles. The highest BCUT2D eigenvalue weighted by molar-refractivity contribution is 4.64. The highest BCUT2D eigenvalue weighted by Gasteiger charge is 2.34. The molecule has 0 radical (unpaired) electrons. The third kappa shape index (κ3) is 1.20. The number of nitrogens with zero attached hydrogens (tertiary/aromatic N) is 1. The minimum atomic E-state index is 0.963. The Hall–Kier alpha value is -0.0400. The molecule has 2 unspecified atom stereocenters. The van der Waals surface area contributed by atoms with Gasteiger partial charge in [0.1, 0.15) is 0 Å². The van der Waals surface area contributed by atoms with Crippen molar-refractivity contribution in [2.45, 2.75) is 39.2 Å². The molecule has 0 aromatic rings. The summed E-state index contributed by atoms with van der Waals surface area (Å²) in [6, 6.07) is 0.963. The molecule has 1 heterocycles. The monoisotopic (exact) mass is 142 g/mol. The van der Waals surface area contributed by atoms with Gasteiger partial charge in [0.25, 0.3) is 0 Å². The van der Waals surface area contributed by atoms with Crippen molar-refractivity contribution in [3.63, 3.8) is 0 Å². The lowest BCUT2D eigenvalue weighted by molar-refractivity contribution is -0.919. The second kappa shape index (κ2) is 2.91. The van der Waals surface area contributed by atoms with Gasteiger partial charge in [-0.1, -0.05) is 6.92 Å². The van der Waals surface area contributed by atoms with Gasteiger partial charge >= 0.3 is 0 Å². The average molecular weight is 142 g/mol. The van der Waals surface area contributed by atoms with Crippen molar-refractivity contribution in [2.24, 2.45) is 0 Å². The molecule has 0 aromatic heterocycles. The van der Waals surface area contributed by atoms with Gasteiger partial charge in [-0.15, -0.1) is 0 Å². The summed E-state index contributed by atoms with van der Waals surface area (Å²) < 4.78 is 1.33. The lowest BCUT2D eigenvalue weighted by atomic mass is 10.1. The van der Waals surface area contributed by atoms with Crippen LogP contribution in [0.25, 0.3) is 0 Å². The Morgan fingerprint density at radius 3 is 2.50 bits per heavy atom. The summed E-state index contributed by atoms with van der Waals surface area (Å²) in [6.45, 7) is 7.36. The molecule has 1 fully saturated rings. The fourth-order valence-electron chi connectivity index (χ4n) is 2.24. The number of rotatable bonds is 2. The van der Waals surface area contributed by atoms with Crippen molar-refractivity contribution in [2.75, 3.05) is 20.1 Å². The summed E-state index contributed by atoms with van der Waals surface area (Å²) in [7, 11) is 2.40. The minimum absolute atomic E-state index is 0.963. The van der Waals surface area contributed by atoms with Gasteiger partial charge in [0.15, 0.2) is 0 Å². The fraction of sp³-hybridized carbons (Fsp3) is 1.00. The molecule has 10 heavy (non-hydrogen) atoms. The molecule has 60 valence electrons. The standard InChI is InChI=1S/C9H20N/c1-4-9-7-6-8-10(9,3)5-2/h9H,4-8H2,1-3H3/q+1. The first-order valence-electron chi connectivity index (χ1n) is 4.57. The maximum atomic E-state index is 2.40. The van der Waals surface area contributed by atoms with E-state index in [-0.39, 0.29) is 0 Å². The van der Waals surface area contributed by atoms with E-state index in [9.17, 15) is 0 Å². The van der Waals surface area contributed by atoms with Crippen LogP contribution in [0.1, 0.15) is 33.1 Å². The average Bonchev–Trinajstić information content (AvgIpc) is 2.32. The predicted molar refractivity (Wildman–Crippen MR) is 44.9 cm³/mol. The van der Waals surface area contributed by atoms with Gasteiger partial charge in [-0.3, -0.25) is 0 Å². The number of likely N-dealkylation sites (tertiary alicyclic amines) is 1. The summed E-state index contributed by atoms with van der Waals surface area (Å²) in [5, 5.41) is 0. The third-order valence-electron chi connectivity index (χ3n) is 3.28. The maximum Gasteiger partial charge on any atom is 0.0887 e. The predicted octanol–water partition coefficient (Wildman–Crippen LogP) is 2.03. The number of hydrogen-bond acceptors (Lipinski definition) is 0. The molecule has 0 N–H and O–H groups in total. The summed E-state index contributed by atoms with van der Waals surface area (Å²) >= 11 is 0. The highest BCUT2D eigenvalue weighted by atomic mass is 15.4. The summed E-state index contributed by atoms with van der Waals surface area (Å²) in [5.74, 6) is 0. The zero-order valence-corrected chi connectivity index (χ0v) is 7.56. The molecule has 0 amide bonds. The van der Waals surface area contributed by atoms with Gasteiger partial charge < -0.3 is 4.48 Å². The van der Waals surface area contributed by atoms with Crippen LogP contribution in [0.2, 0.25) is 0 Å². The van der Waals surface area contributed by atoms with E-state index in [2.05, 4.69) is 20.9 Å². The molecule has 1 saturated heterocycles. The Bertz CT molecular complexity index is 111. The van der Waals surface area contributed by atoms with Gasteiger partial charge in [-0.25, -0.2) is 0 Å². The molecular formula is C9H20N+. The molecule has 0 aliphatic carbocycles. The van der Waals surface area contributed by atoms with E-state index in [0.29, 0.717) is 0 Å². The van der Waals surface area contributed by atoms with Gasteiger partial charge in [-0.05, 0) is 13.3 Å². The Labute approximate surface area is 64.6 Å². The van der Waals surface area contributed by atoms with Gasteiger partial charge in [0, 0.05) is 12.8 Å². The maximum absolute atomic E-state index is 2.40. The second-order valence-corrected chi connectivity index (χ2v) is 3.72. The summed E-state index contributed by atoms with van der Waals surface area (Å²) in [6.07, 6.45) is 4.27. The lowest BCUT2D eigenvalue weighted by Crippen LogP contribution is -2.47. The van der Waals surface area contributed by atoms with Crippen LogP contribution in [-0.2, 0) is 0 Å². The molecule has 1 aliphatic rings. The van der Waals surface area contributed by atoms with Crippen molar-refractivity contribution in [1.29, 1.82) is 0 Å². The second-order valence-electron chi connectivity index (χ2n) is 3.72. The van der Waals surface area contributed by atoms with Gasteiger partial charge in [0.2, 0.25) is 0 Å². The van der Waals surface area contributed by atoms with Crippen LogP contribution in [0, 0.1) is 0 Å². The van der Waals surface area contributed by atoms with Crippen molar-refractivity contribution in [1.82, 2.24) is 0 Å².